The van der Waals surface area contributed by atoms with Crippen molar-refractivity contribution in [3.05, 3.63) is 125 Å². The molecule has 4 N–H and O–H groups in total. The molecule has 12 heteroatoms. The van der Waals surface area contributed by atoms with Crippen LogP contribution in [0.3, 0.4) is 0 Å². The highest BCUT2D eigenvalue weighted by Gasteiger charge is 2.22. The number of nitrogens with one attached hydrogen (secondary N) is 3. The van der Waals surface area contributed by atoms with E-state index >= 15 is 0 Å². The highest BCUT2D eigenvalue weighted by Crippen LogP contribution is 2.27. The largest absolute Gasteiger partial charge is 0.492 e. The topological polar surface area (TPSA) is 144 Å². The fourth-order valence-electron chi connectivity index (χ4n) is 4.26. The number of hydrogen-bond acceptors (Lipinski definition) is 8. The predicted octanol–water partition coefficient (Wildman–Crippen LogP) is 4.68. The van der Waals surface area contributed by atoms with Crippen molar-refractivity contribution in [1.82, 2.24) is 14.1 Å². The van der Waals surface area contributed by atoms with E-state index < -0.39 is 21.5 Å². The molecule has 5 rings (SSSR count). The summed E-state index contributed by atoms with van der Waals surface area (Å²) >= 11 is 0. The number of aromatic hydroxyl groups is 1. The second-order valence-corrected chi connectivity index (χ2v) is 11.4. The molecule has 0 radical (unpaired) electrons. The number of carbonyl (C=O) groups is 1. The molecular formula is C31H29N5O6S. The van der Waals surface area contributed by atoms with Crippen molar-refractivity contribution < 1.29 is 23.1 Å². The second kappa shape index (κ2) is 12.2. The number of ether oxygens (including phenoxy) is 1. The lowest BCUT2D eigenvalue weighted by Gasteiger charge is -2.12. The number of para-hydroxylation sites is 2. The average molecular weight is 600 g/mol. The maximum atomic E-state index is 13.4. The maximum absolute atomic E-state index is 13.4. The second-order valence-electron chi connectivity index (χ2n) is 9.70. The molecule has 0 saturated carbocycles. The van der Waals surface area contributed by atoms with Crippen molar-refractivity contribution in [2.45, 2.75) is 24.8 Å². The van der Waals surface area contributed by atoms with Crippen molar-refractivity contribution in [2.24, 2.45) is 0 Å². The van der Waals surface area contributed by atoms with Crippen LogP contribution in [0.5, 0.6) is 11.6 Å². The summed E-state index contributed by atoms with van der Waals surface area (Å²) in [5.41, 5.74) is 6.56. The molecule has 0 bridgehead atoms. The van der Waals surface area contributed by atoms with Gasteiger partial charge >= 0.3 is 5.56 Å². The lowest BCUT2D eigenvalue weighted by atomic mass is 10.2. The summed E-state index contributed by atoms with van der Waals surface area (Å²) in [6, 6.07) is 29.4. The first-order valence-electron chi connectivity index (χ1n) is 13.3. The van der Waals surface area contributed by atoms with Gasteiger partial charge in [0.05, 0.1) is 28.1 Å². The number of aromatic nitrogens is 2. The minimum absolute atomic E-state index is 0.0400. The minimum Gasteiger partial charge on any atom is -0.492 e. The number of amides is 1. The fourth-order valence-corrected chi connectivity index (χ4v) is 5.23. The zero-order valence-electron chi connectivity index (χ0n) is 23.3. The van der Waals surface area contributed by atoms with Gasteiger partial charge in [0.1, 0.15) is 5.75 Å². The normalized spacial score (nSPS) is 11.2. The van der Waals surface area contributed by atoms with Crippen molar-refractivity contribution in [1.29, 1.82) is 0 Å². The monoisotopic (exact) mass is 599 g/mol. The standard InChI is InChI=1S/C31H29N5O6S/c1-21(2)42-26-17-13-22(14-18-26)29(37)34-43(40,41)27-19-15-23(16-20-27)32-33-28-30(38)35(24-9-5-3-6-10-24)36(31(28)39)25-11-7-4-8-12-25/h3-21,32-33,38H,1-2H3,(H,34,37). The summed E-state index contributed by atoms with van der Waals surface area (Å²) in [6.07, 6.45) is -0.0400. The van der Waals surface area contributed by atoms with Crippen LogP contribution in [0, 0.1) is 0 Å². The number of rotatable bonds is 10. The van der Waals surface area contributed by atoms with E-state index in [9.17, 15) is 23.1 Å². The molecule has 220 valence electrons. The van der Waals surface area contributed by atoms with Crippen molar-refractivity contribution in [3.8, 4) is 23.0 Å². The van der Waals surface area contributed by atoms with Crippen molar-refractivity contribution >= 4 is 27.3 Å². The third-order valence-electron chi connectivity index (χ3n) is 6.24. The minimum atomic E-state index is -4.17. The van der Waals surface area contributed by atoms with Gasteiger partial charge in [0.2, 0.25) is 5.88 Å². The summed E-state index contributed by atoms with van der Waals surface area (Å²) < 4.78 is 36.0. The first-order chi connectivity index (χ1) is 20.6. The Morgan fingerprint density at radius 2 is 1.33 bits per heavy atom. The number of sulfonamides is 1. The van der Waals surface area contributed by atoms with Crippen LogP contribution >= 0.6 is 0 Å². The maximum Gasteiger partial charge on any atom is 0.301 e. The Hall–Kier alpha value is -5.49. The number of anilines is 2. The molecule has 0 atom stereocenters. The van der Waals surface area contributed by atoms with Crippen molar-refractivity contribution in [2.75, 3.05) is 10.9 Å². The Bertz CT molecular complexity index is 1890. The number of carbonyl (C=O) groups excluding carboxylic acids is 1. The smallest absolute Gasteiger partial charge is 0.301 e. The molecule has 5 aromatic rings. The van der Waals surface area contributed by atoms with Gasteiger partial charge in [-0.3, -0.25) is 15.0 Å². The molecule has 1 heterocycles. The molecule has 0 fully saturated rings. The zero-order valence-corrected chi connectivity index (χ0v) is 24.1. The van der Waals surface area contributed by atoms with Crippen LogP contribution in [-0.2, 0) is 10.0 Å². The molecule has 1 amide bonds. The summed E-state index contributed by atoms with van der Waals surface area (Å²) in [7, 11) is -4.17. The van der Waals surface area contributed by atoms with Crippen LogP contribution in [0.25, 0.3) is 11.4 Å². The van der Waals surface area contributed by atoms with E-state index in [1.807, 2.05) is 26.0 Å². The van der Waals surface area contributed by atoms with E-state index in [1.165, 1.54) is 45.8 Å². The molecule has 0 aliphatic rings. The Labute approximate surface area is 248 Å². The first-order valence-corrected chi connectivity index (χ1v) is 14.8. The molecule has 4 aromatic carbocycles. The summed E-state index contributed by atoms with van der Waals surface area (Å²) in [4.78, 5) is 25.9. The first kappa shape index (κ1) is 29.0. The van der Waals surface area contributed by atoms with E-state index in [1.54, 1.807) is 60.7 Å². The molecular weight excluding hydrogens is 570 g/mol. The van der Waals surface area contributed by atoms with E-state index in [-0.39, 0.29) is 28.1 Å². The Morgan fingerprint density at radius 3 is 1.88 bits per heavy atom. The third-order valence-corrected chi connectivity index (χ3v) is 7.59. The van der Waals surface area contributed by atoms with Gasteiger partial charge in [0.15, 0.2) is 5.69 Å². The lowest BCUT2D eigenvalue weighted by Crippen LogP contribution is -2.30. The highest BCUT2D eigenvalue weighted by molar-refractivity contribution is 7.90. The zero-order chi connectivity index (χ0) is 30.6. The molecule has 0 aliphatic carbocycles. The third kappa shape index (κ3) is 6.39. The molecule has 43 heavy (non-hydrogen) atoms. The van der Waals surface area contributed by atoms with E-state index in [0.29, 0.717) is 22.8 Å². The SMILES string of the molecule is CC(C)Oc1ccc(C(=O)NS(=O)(=O)c2ccc(NNc3c(O)n(-c4ccccc4)n(-c4ccccc4)c3=O)cc2)cc1. The van der Waals surface area contributed by atoms with Crippen LogP contribution in [0.1, 0.15) is 24.2 Å². The molecule has 0 saturated heterocycles. The van der Waals surface area contributed by atoms with E-state index in [4.69, 9.17) is 4.74 Å². The quantitative estimate of drug-likeness (QED) is 0.170. The van der Waals surface area contributed by atoms with Crippen LogP contribution in [-0.4, -0.2) is 34.9 Å². The van der Waals surface area contributed by atoms with Crippen LogP contribution in [0.4, 0.5) is 11.4 Å². The average Bonchev–Trinajstić information content (AvgIpc) is 3.25. The highest BCUT2D eigenvalue weighted by atomic mass is 32.2. The summed E-state index contributed by atoms with van der Waals surface area (Å²) in [5, 5.41) is 11.1. The number of hydrogen-bond donors (Lipinski definition) is 4. The molecule has 0 aliphatic heterocycles. The van der Waals surface area contributed by atoms with Gasteiger partial charge in [-0.05, 0) is 86.6 Å². The Balaban J connectivity index is 1.32. The number of benzene rings is 4. The van der Waals surface area contributed by atoms with Gasteiger partial charge in [-0.25, -0.2) is 22.5 Å². The van der Waals surface area contributed by atoms with Crippen LogP contribution in [0.15, 0.2) is 119 Å². The van der Waals surface area contributed by atoms with Gasteiger partial charge < -0.3 is 15.3 Å². The molecule has 0 unspecified atom stereocenters. The predicted molar refractivity (Wildman–Crippen MR) is 164 cm³/mol. The number of hydrazine groups is 1. The van der Waals surface area contributed by atoms with Gasteiger partial charge in [-0.1, -0.05) is 36.4 Å². The summed E-state index contributed by atoms with van der Waals surface area (Å²) in [5.74, 6) is -0.554. The Kier molecular flexibility index (Phi) is 8.21. The molecule has 11 nitrogen and oxygen atoms in total. The number of nitrogens with zero attached hydrogens (tertiary/aromatic N) is 2. The van der Waals surface area contributed by atoms with E-state index in [0.717, 1.165) is 0 Å². The van der Waals surface area contributed by atoms with E-state index in [2.05, 4.69) is 15.6 Å². The Morgan fingerprint density at radius 1 is 0.767 bits per heavy atom. The van der Waals surface area contributed by atoms with Gasteiger partial charge in [0, 0.05) is 5.56 Å². The lowest BCUT2D eigenvalue weighted by molar-refractivity contribution is 0.0981. The van der Waals surface area contributed by atoms with Crippen molar-refractivity contribution in [3.63, 3.8) is 0 Å². The van der Waals surface area contributed by atoms with Gasteiger partial charge in [-0.15, -0.1) is 0 Å². The molecule has 1 aromatic heterocycles. The summed E-state index contributed by atoms with van der Waals surface area (Å²) in [6.45, 7) is 3.75. The van der Waals surface area contributed by atoms with Gasteiger partial charge in [0.25, 0.3) is 15.9 Å². The van der Waals surface area contributed by atoms with Crippen LogP contribution in [0.2, 0.25) is 0 Å². The van der Waals surface area contributed by atoms with Crippen LogP contribution < -0.4 is 25.9 Å². The fraction of sp³-hybridized carbons (Fsp3) is 0.0968. The van der Waals surface area contributed by atoms with Gasteiger partial charge in [-0.2, -0.15) is 0 Å². The molecule has 0 spiro atoms.